The number of alkyl carbamates (subject to hydrolysis) is 1. The van der Waals surface area contributed by atoms with Crippen molar-refractivity contribution in [1.82, 2.24) is 19.8 Å². The summed E-state index contributed by atoms with van der Waals surface area (Å²) in [6.07, 6.45) is 1.48. The lowest BCUT2D eigenvalue weighted by atomic mass is 10.1. The van der Waals surface area contributed by atoms with Gasteiger partial charge in [-0.05, 0) is 41.0 Å². The van der Waals surface area contributed by atoms with Gasteiger partial charge in [-0.1, -0.05) is 0 Å². The quantitative estimate of drug-likeness (QED) is 0.650. The van der Waals surface area contributed by atoms with Crippen molar-refractivity contribution in [3.63, 3.8) is 0 Å². The van der Waals surface area contributed by atoms with Gasteiger partial charge in [-0.25, -0.2) is 9.59 Å². The fourth-order valence-electron chi connectivity index (χ4n) is 3.30. The molecule has 0 unspecified atom stereocenters. The third kappa shape index (κ3) is 6.74. The predicted molar refractivity (Wildman–Crippen MR) is 106 cm³/mol. The van der Waals surface area contributed by atoms with Crippen LogP contribution in [0.25, 0.3) is 0 Å². The number of likely N-dealkylation sites (tertiary alicyclic amines) is 1. The number of nitrogens with one attached hydrogen (secondary N) is 2. The number of aryl methyl sites for hydroxylation is 1. The van der Waals surface area contributed by atoms with Gasteiger partial charge in [0.1, 0.15) is 5.60 Å². The fraction of sp³-hybridized carbons (Fsp3) is 0.684. The van der Waals surface area contributed by atoms with Crippen LogP contribution in [0.1, 0.15) is 39.7 Å². The van der Waals surface area contributed by atoms with Gasteiger partial charge in [0.25, 0.3) is 5.56 Å². The van der Waals surface area contributed by atoms with Gasteiger partial charge in [0.15, 0.2) is 0 Å². The van der Waals surface area contributed by atoms with Crippen LogP contribution in [-0.4, -0.2) is 63.9 Å². The second-order valence-corrected chi connectivity index (χ2v) is 8.19. The first-order chi connectivity index (χ1) is 13.5. The average molecular weight is 410 g/mol. The molecule has 162 valence electrons. The number of nitrogens with zero attached hydrogens (tertiary/aromatic N) is 2. The number of amides is 1. The maximum atomic E-state index is 12.1. The topological polar surface area (TPSA) is 123 Å². The Hall–Kier alpha value is -2.62. The van der Waals surface area contributed by atoms with Crippen molar-refractivity contribution in [1.29, 1.82) is 0 Å². The fourth-order valence-corrected chi connectivity index (χ4v) is 3.30. The molecule has 2 rings (SSSR count). The van der Waals surface area contributed by atoms with E-state index in [4.69, 9.17) is 9.47 Å². The summed E-state index contributed by atoms with van der Waals surface area (Å²) in [6, 6.07) is -0.453. The van der Waals surface area contributed by atoms with Gasteiger partial charge in [0.2, 0.25) is 0 Å². The van der Waals surface area contributed by atoms with Gasteiger partial charge in [0, 0.05) is 36.9 Å². The van der Waals surface area contributed by atoms with Crippen LogP contribution in [-0.2, 0) is 20.8 Å². The standard InChI is InChI=1S/C19H30N4O6/c1-6-28-15(24)11-22-9-13(20-18(27)29-19(3,4)5)7-14(22)10-23-8-12(2)16(25)21-17(23)26/h8,13-14H,6-7,9-11H2,1-5H3,(H,20,27)(H,21,25,26)/t13-,14-/m0/s1. The number of hydrogen-bond donors (Lipinski definition) is 2. The Kier molecular flexibility index (Phi) is 7.23. The van der Waals surface area contributed by atoms with Crippen LogP contribution in [0.5, 0.6) is 0 Å². The largest absolute Gasteiger partial charge is 0.465 e. The van der Waals surface area contributed by atoms with Crippen molar-refractivity contribution in [3.05, 3.63) is 32.6 Å². The van der Waals surface area contributed by atoms with E-state index in [9.17, 15) is 19.2 Å². The molecule has 1 amide bonds. The molecule has 1 aliphatic rings. The zero-order chi connectivity index (χ0) is 21.8. The summed E-state index contributed by atoms with van der Waals surface area (Å²) in [5, 5.41) is 2.82. The van der Waals surface area contributed by atoms with Gasteiger partial charge in [-0.3, -0.25) is 24.0 Å². The summed E-state index contributed by atoms with van der Waals surface area (Å²) in [7, 11) is 0. The Morgan fingerprint density at radius 2 is 2.00 bits per heavy atom. The number of carbonyl (C=O) groups is 2. The number of aromatic amines is 1. The lowest BCUT2D eigenvalue weighted by Crippen LogP contribution is -2.42. The first kappa shape index (κ1) is 22.7. The number of carbonyl (C=O) groups excluding carboxylic acids is 2. The zero-order valence-corrected chi connectivity index (χ0v) is 17.6. The minimum absolute atomic E-state index is 0.0437. The number of ether oxygens (including phenoxy) is 2. The Bertz CT molecular complexity index is 853. The molecule has 0 radical (unpaired) electrons. The molecule has 1 aromatic rings. The second-order valence-electron chi connectivity index (χ2n) is 8.19. The molecule has 1 aromatic heterocycles. The highest BCUT2D eigenvalue weighted by molar-refractivity contribution is 5.72. The van der Waals surface area contributed by atoms with Crippen LogP contribution in [0.15, 0.2) is 15.8 Å². The summed E-state index contributed by atoms with van der Waals surface area (Å²) < 4.78 is 11.7. The van der Waals surface area contributed by atoms with Crippen molar-refractivity contribution < 1.29 is 19.1 Å². The monoisotopic (exact) mass is 410 g/mol. The highest BCUT2D eigenvalue weighted by atomic mass is 16.6. The van der Waals surface area contributed by atoms with E-state index in [0.29, 0.717) is 18.5 Å². The first-order valence-corrected chi connectivity index (χ1v) is 9.68. The summed E-state index contributed by atoms with van der Waals surface area (Å²) in [4.78, 5) is 52.0. The van der Waals surface area contributed by atoms with Crippen molar-refractivity contribution in [2.45, 2.75) is 65.3 Å². The van der Waals surface area contributed by atoms with Crippen molar-refractivity contribution in [2.75, 3.05) is 19.7 Å². The normalized spacial score (nSPS) is 19.8. The molecule has 2 N–H and O–H groups in total. The summed E-state index contributed by atoms with van der Waals surface area (Å²) in [6.45, 7) is 9.69. The van der Waals surface area contributed by atoms with Crippen LogP contribution in [0.3, 0.4) is 0 Å². The molecule has 2 atom stereocenters. The highest BCUT2D eigenvalue weighted by Crippen LogP contribution is 2.20. The first-order valence-electron chi connectivity index (χ1n) is 9.68. The summed E-state index contributed by atoms with van der Waals surface area (Å²) in [5.74, 6) is -0.375. The molecule has 29 heavy (non-hydrogen) atoms. The third-order valence-corrected chi connectivity index (χ3v) is 4.48. The Balaban J connectivity index is 2.14. The number of aromatic nitrogens is 2. The van der Waals surface area contributed by atoms with Gasteiger partial charge >= 0.3 is 17.8 Å². The minimum atomic E-state index is -0.618. The molecule has 10 heteroatoms. The maximum absolute atomic E-state index is 12.1. The van der Waals surface area contributed by atoms with E-state index < -0.39 is 22.9 Å². The van der Waals surface area contributed by atoms with E-state index >= 15 is 0 Å². The zero-order valence-electron chi connectivity index (χ0n) is 17.6. The molecule has 0 aromatic carbocycles. The van der Waals surface area contributed by atoms with E-state index in [1.807, 2.05) is 4.90 Å². The number of esters is 1. The van der Waals surface area contributed by atoms with Crippen LogP contribution >= 0.6 is 0 Å². The molecule has 0 spiro atoms. The third-order valence-electron chi connectivity index (χ3n) is 4.48. The summed E-state index contributed by atoms with van der Waals surface area (Å²) >= 11 is 0. The van der Waals surface area contributed by atoms with Crippen molar-refractivity contribution >= 4 is 12.1 Å². The lowest BCUT2D eigenvalue weighted by molar-refractivity contribution is -0.144. The Morgan fingerprint density at radius 1 is 1.31 bits per heavy atom. The van der Waals surface area contributed by atoms with Crippen molar-refractivity contribution in [3.8, 4) is 0 Å². The SMILES string of the molecule is CCOC(=O)CN1C[C@@H](NC(=O)OC(C)(C)C)C[C@H]1Cn1cc(C)c(=O)[nH]c1=O. The van der Waals surface area contributed by atoms with E-state index in [1.54, 1.807) is 34.6 Å². The average Bonchev–Trinajstić information content (AvgIpc) is 2.91. The minimum Gasteiger partial charge on any atom is -0.465 e. The molecule has 1 aliphatic heterocycles. The van der Waals surface area contributed by atoms with E-state index in [0.717, 1.165) is 0 Å². The summed E-state index contributed by atoms with van der Waals surface area (Å²) in [5.41, 5.74) is -1.14. The van der Waals surface area contributed by atoms with E-state index in [2.05, 4.69) is 10.3 Å². The van der Waals surface area contributed by atoms with Crippen LogP contribution in [0.4, 0.5) is 4.79 Å². The van der Waals surface area contributed by atoms with E-state index in [1.165, 1.54) is 10.8 Å². The molecule has 0 saturated carbocycles. The number of hydrogen-bond acceptors (Lipinski definition) is 7. The second kappa shape index (κ2) is 9.25. The molecule has 10 nitrogen and oxygen atoms in total. The van der Waals surface area contributed by atoms with Crippen LogP contribution in [0.2, 0.25) is 0 Å². The lowest BCUT2D eigenvalue weighted by Gasteiger charge is -2.23. The maximum Gasteiger partial charge on any atom is 0.407 e. The molecule has 2 heterocycles. The highest BCUT2D eigenvalue weighted by Gasteiger charge is 2.35. The van der Waals surface area contributed by atoms with Gasteiger partial charge < -0.3 is 14.8 Å². The predicted octanol–water partition coefficient (Wildman–Crippen LogP) is 0.376. The van der Waals surface area contributed by atoms with Crippen molar-refractivity contribution in [2.24, 2.45) is 0 Å². The number of H-pyrrole nitrogens is 1. The Labute approximate surface area is 169 Å². The van der Waals surface area contributed by atoms with E-state index in [-0.39, 0.29) is 37.7 Å². The molecule has 1 saturated heterocycles. The molecule has 0 bridgehead atoms. The van der Waals surface area contributed by atoms with Gasteiger partial charge in [-0.15, -0.1) is 0 Å². The molecular formula is C19H30N4O6. The molecular weight excluding hydrogens is 380 g/mol. The van der Waals surface area contributed by atoms with Crippen LogP contribution < -0.4 is 16.6 Å². The molecule has 0 aliphatic carbocycles. The smallest absolute Gasteiger partial charge is 0.407 e. The molecule has 1 fully saturated rings. The van der Waals surface area contributed by atoms with Gasteiger partial charge in [-0.2, -0.15) is 0 Å². The Morgan fingerprint density at radius 3 is 2.62 bits per heavy atom. The number of rotatable bonds is 6. The van der Waals surface area contributed by atoms with Gasteiger partial charge in [0.05, 0.1) is 13.2 Å². The van der Waals surface area contributed by atoms with Crippen LogP contribution in [0, 0.1) is 6.92 Å².